The van der Waals surface area contributed by atoms with Crippen LogP contribution < -0.4 is 10.1 Å². The summed E-state index contributed by atoms with van der Waals surface area (Å²) in [5.41, 5.74) is 0.505. The van der Waals surface area contributed by atoms with Crippen LogP contribution in [0.1, 0.15) is 0 Å². The van der Waals surface area contributed by atoms with E-state index in [-0.39, 0.29) is 42.0 Å². The fraction of sp³-hybridized carbons (Fsp3) is 0.316. The zero-order valence-electron chi connectivity index (χ0n) is 15.8. The van der Waals surface area contributed by atoms with Gasteiger partial charge in [-0.2, -0.15) is 4.31 Å². The molecule has 1 fully saturated rings. The molecule has 3 rings (SSSR count). The maximum absolute atomic E-state index is 13.0. The monoisotopic (exact) mass is 441 g/mol. The number of methoxy groups -OCH3 is 1. The molecule has 0 aliphatic carbocycles. The van der Waals surface area contributed by atoms with E-state index in [9.17, 15) is 17.6 Å². The van der Waals surface area contributed by atoms with Crippen LogP contribution in [0.15, 0.2) is 47.4 Å². The number of carbonyl (C=O) groups is 1. The van der Waals surface area contributed by atoms with Crippen LogP contribution in [-0.4, -0.2) is 63.4 Å². The minimum Gasteiger partial charge on any atom is -0.495 e. The Balaban J connectivity index is 1.59. The second-order valence-electron chi connectivity index (χ2n) is 6.53. The third-order valence-corrected chi connectivity index (χ3v) is 6.72. The standard InChI is InChI=1S/C19H21ClFN3O4S/c1-28-17-7-2-14(20)12-18(17)29(26,27)24-10-8-23(9-11-24)13-19(25)22-16-5-3-15(21)4-6-16/h2-7,12H,8-11,13H2,1H3,(H,22,25). The quantitative estimate of drug-likeness (QED) is 0.744. The van der Waals surface area contributed by atoms with Gasteiger partial charge in [0.25, 0.3) is 0 Å². The lowest BCUT2D eigenvalue weighted by molar-refractivity contribution is -0.117. The van der Waals surface area contributed by atoms with Crippen molar-refractivity contribution in [1.29, 1.82) is 0 Å². The number of hydrogen-bond donors (Lipinski definition) is 1. The van der Waals surface area contributed by atoms with Crippen molar-refractivity contribution in [2.45, 2.75) is 4.90 Å². The van der Waals surface area contributed by atoms with Crippen molar-refractivity contribution in [3.8, 4) is 5.75 Å². The number of nitrogens with zero attached hydrogens (tertiary/aromatic N) is 2. The van der Waals surface area contributed by atoms with Crippen molar-refractivity contribution in [1.82, 2.24) is 9.21 Å². The van der Waals surface area contributed by atoms with Gasteiger partial charge in [-0.05, 0) is 42.5 Å². The Hall–Kier alpha value is -2.20. The fourth-order valence-electron chi connectivity index (χ4n) is 3.06. The highest BCUT2D eigenvalue weighted by Crippen LogP contribution is 2.30. The number of amides is 1. The number of hydrogen-bond acceptors (Lipinski definition) is 5. The third-order valence-electron chi connectivity index (χ3n) is 4.57. The van der Waals surface area contributed by atoms with Crippen LogP contribution in [0.4, 0.5) is 10.1 Å². The largest absolute Gasteiger partial charge is 0.495 e. The van der Waals surface area contributed by atoms with E-state index in [0.29, 0.717) is 23.8 Å². The van der Waals surface area contributed by atoms with Gasteiger partial charge in [0.05, 0.1) is 13.7 Å². The summed E-state index contributed by atoms with van der Waals surface area (Å²) in [6, 6.07) is 9.96. The summed E-state index contributed by atoms with van der Waals surface area (Å²) >= 11 is 5.96. The number of piperazine rings is 1. The molecule has 1 amide bonds. The molecule has 2 aromatic rings. The number of halogens is 2. The van der Waals surface area contributed by atoms with E-state index in [2.05, 4.69) is 5.32 Å². The van der Waals surface area contributed by atoms with E-state index < -0.39 is 10.0 Å². The Morgan fingerprint density at radius 1 is 1.14 bits per heavy atom. The molecule has 0 unspecified atom stereocenters. The van der Waals surface area contributed by atoms with Crippen molar-refractivity contribution in [2.24, 2.45) is 0 Å². The number of rotatable bonds is 6. The summed E-state index contributed by atoms with van der Waals surface area (Å²) in [7, 11) is -2.37. The number of nitrogens with one attached hydrogen (secondary N) is 1. The van der Waals surface area contributed by atoms with Crippen molar-refractivity contribution in [2.75, 3.05) is 45.2 Å². The van der Waals surface area contributed by atoms with E-state index in [1.165, 1.54) is 47.8 Å². The normalized spacial score (nSPS) is 15.8. The third kappa shape index (κ3) is 5.24. The average molecular weight is 442 g/mol. The molecule has 1 heterocycles. The first-order valence-electron chi connectivity index (χ1n) is 8.91. The van der Waals surface area contributed by atoms with Crippen LogP contribution in [-0.2, 0) is 14.8 Å². The van der Waals surface area contributed by atoms with Gasteiger partial charge < -0.3 is 10.1 Å². The summed E-state index contributed by atoms with van der Waals surface area (Å²) in [6.45, 7) is 1.40. The maximum atomic E-state index is 13.0. The van der Waals surface area contributed by atoms with Crippen LogP contribution in [0, 0.1) is 5.82 Å². The zero-order valence-corrected chi connectivity index (χ0v) is 17.3. The average Bonchev–Trinajstić information content (AvgIpc) is 2.70. The highest BCUT2D eigenvalue weighted by Gasteiger charge is 2.31. The Labute approximate surface area is 174 Å². The van der Waals surface area contributed by atoms with Gasteiger partial charge in [0.2, 0.25) is 15.9 Å². The highest BCUT2D eigenvalue weighted by molar-refractivity contribution is 7.89. The fourth-order valence-corrected chi connectivity index (χ4v) is 4.90. The van der Waals surface area contributed by atoms with Gasteiger partial charge in [0.1, 0.15) is 16.5 Å². The second kappa shape index (κ2) is 9.08. The maximum Gasteiger partial charge on any atom is 0.246 e. The van der Waals surface area contributed by atoms with Crippen LogP contribution in [0.2, 0.25) is 5.02 Å². The summed E-state index contributed by atoms with van der Waals surface area (Å²) in [6.07, 6.45) is 0. The van der Waals surface area contributed by atoms with Crippen LogP contribution in [0.5, 0.6) is 5.75 Å². The molecule has 0 aromatic heterocycles. The minimum absolute atomic E-state index is 0.0232. The Kier molecular flexibility index (Phi) is 6.74. The van der Waals surface area contributed by atoms with Gasteiger partial charge in [-0.3, -0.25) is 9.69 Å². The highest BCUT2D eigenvalue weighted by atomic mass is 35.5. The molecule has 0 spiro atoms. The van der Waals surface area contributed by atoms with Crippen LogP contribution in [0.3, 0.4) is 0 Å². The lowest BCUT2D eigenvalue weighted by atomic mass is 10.3. The molecule has 0 saturated carbocycles. The van der Waals surface area contributed by atoms with E-state index in [1.807, 2.05) is 4.90 Å². The predicted octanol–water partition coefficient (Wildman–Crippen LogP) is 2.43. The second-order valence-corrected chi connectivity index (χ2v) is 8.87. The van der Waals surface area contributed by atoms with Crippen molar-refractivity contribution >= 4 is 33.2 Å². The first-order chi connectivity index (χ1) is 13.8. The van der Waals surface area contributed by atoms with Gasteiger partial charge >= 0.3 is 0 Å². The summed E-state index contributed by atoms with van der Waals surface area (Å²) in [5.74, 6) is -0.392. The minimum atomic E-state index is -3.77. The molecule has 1 aliphatic rings. The van der Waals surface area contributed by atoms with Crippen LogP contribution in [0.25, 0.3) is 0 Å². The lowest BCUT2D eigenvalue weighted by Crippen LogP contribution is -2.50. The molecular weight excluding hydrogens is 421 g/mol. The number of ether oxygens (including phenoxy) is 1. The number of sulfonamides is 1. The molecule has 29 heavy (non-hydrogen) atoms. The Bertz CT molecular complexity index is 977. The Morgan fingerprint density at radius 2 is 1.79 bits per heavy atom. The first kappa shape index (κ1) is 21.5. The van der Waals surface area contributed by atoms with Crippen molar-refractivity contribution < 1.29 is 22.3 Å². The molecule has 156 valence electrons. The first-order valence-corrected chi connectivity index (χ1v) is 10.7. The molecule has 0 atom stereocenters. The zero-order chi connectivity index (χ0) is 21.0. The van der Waals surface area contributed by atoms with Gasteiger partial charge in [0, 0.05) is 36.9 Å². The molecule has 7 nitrogen and oxygen atoms in total. The molecule has 1 saturated heterocycles. The smallest absolute Gasteiger partial charge is 0.246 e. The molecule has 0 bridgehead atoms. The summed E-state index contributed by atoms with van der Waals surface area (Å²) in [4.78, 5) is 14.1. The molecule has 0 radical (unpaired) electrons. The molecular formula is C19H21ClFN3O4S. The lowest BCUT2D eigenvalue weighted by Gasteiger charge is -2.33. The van der Waals surface area contributed by atoms with Gasteiger partial charge in [0.15, 0.2) is 0 Å². The molecule has 2 aromatic carbocycles. The van der Waals surface area contributed by atoms with Gasteiger partial charge in [-0.15, -0.1) is 0 Å². The molecule has 1 aliphatic heterocycles. The molecule has 10 heteroatoms. The van der Waals surface area contributed by atoms with Gasteiger partial charge in [-0.25, -0.2) is 12.8 Å². The number of benzene rings is 2. The summed E-state index contributed by atoms with van der Waals surface area (Å²) in [5, 5.41) is 3.00. The van der Waals surface area contributed by atoms with Crippen LogP contribution >= 0.6 is 11.6 Å². The predicted molar refractivity (Wildman–Crippen MR) is 108 cm³/mol. The van der Waals surface area contributed by atoms with E-state index in [4.69, 9.17) is 16.3 Å². The summed E-state index contributed by atoms with van der Waals surface area (Å²) < 4.78 is 45.4. The van der Waals surface area contributed by atoms with E-state index in [0.717, 1.165) is 0 Å². The van der Waals surface area contributed by atoms with Gasteiger partial charge in [-0.1, -0.05) is 11.6 Å². The van der Waals surface area contributed by atoms with Crippen molar-refractivity contribution in [3.05, 3.63) is 53.3 Å². The van der Waals surface area contributed by atoms with Crippen molar-refractivity contribution in [3.63, 3.8) is 0 Å². The number of carbonyl (C=O) groups excluding carboxylic acids is 1. The van der Waals surface area contributed by atoms with E-state index >= 15 is 0 Å². The van der Waals surface area contributed by atoms with E-state index in [1.54, 1.807) is 6.07 Å². The number of anilines is 1. The SMILES string of the molecule is COc1ccc(Cl)cc1S(=O)(=O)N1CCN(CC(=O)Nc2ccc(F)cc2)CC1. The molecule has 1 N–H and O–H groups in total. The topological polar surface area (TPSA) is 79.0 Å². The Morgan fingerprint density at radius 3 is 2.41 bits per heavy atom.